The van der Waals surface area contributed by atoms with E-state index >= 15 is 0 Å². The smallest absolute Gasteiger partial charge is 0.192 e. The predicted molar refractivity (Wildman–Crippen MR) is 85.8 cm³/mol. The van der Waals surface area contributed by atoms with Crippen LogP contribution in [0.25, 0.3) is 0 Å². The highest BCUT2D eigenvalue weighted by Crippen LogP contribution is 2.55. The van der Waals surface area contributed by atoms with Gasteiger partial charge in [0.1, 0.15) is 11.2 Å². The van der Waals surface area contributed by atoms with Gasteiger partial charge in [-0.1, -0.05) is 20.8 Å². The van der Waals surface area contributed by atoms with Crippen molar-refractivity contribution in [1.29, 1.82) is 0 Å². The first-order chi connectivity index (χ1) is 9.60. The molecule has 2 heterocycles. The Morgan fingerprint density at radius 2 is 2.14 bits per heavy atom. The first kappa shape index (κ1) is 15.4. The number of ketones is 1. The van der Waals surface area contributed by atoms with Gasteiger partial charge in [-0.15, -0.1) is 0 Å². The number of ether oxygens (including phenoxy) is 1. The van der Waals surface area contributed by atoms with Gasteiger partial charge in [-0.05, 0) is 61.9 Å². The second-order valence-corrected chi connectivity index (χ2v) is 13.4. The van der Waals surface area contributed by atoms with Crippen LogP contribution in [-0.2, 0) is 14.0 Å². The van der Waals surface area contributed by atoms with E-state index in [0.29, 0.717) is 12.5 Å². The van der Waals surface area contributed by atoms with Gasteiger partial charge in [0.15, 0.2) is 14.1 Å². The van der Waals surface area contributed by atoms with Crippen LogP contribution in [0.15, 0.2) is 12.2 Å². The molecule has 0 aromatic carbocycles. The third-order valence-corrected chi connectivity index (χ3v) is 10.7. The Balaban J connectivity index is 1.78. The Morgan fingerprint density at radius 3 is 2.81 bits per heavy atom. The fraction of sp³-hybridized carbons (Fsp3) is 0.824. The molecule has 0 aromatic rings. The number of hydrogen-bond acceptors (Lipinski definition) is 3. The molecule has 2 aliphatic heterocycles. The standard InChI is InChI=1S/C17H28O3Si/c1-15(2,3)21(4,5)19-12-16-10-8-14(18)17(20-16)9-6-7-13(17)11-16/h8,10,13H,6-7,9,11-12H2,1-5H3. The van der Waals surface area contributed by atoms with E-state index in [2.05, 4.69) is 33.9 Å². The van der Waals surface area contributed by atoms with E-state index in [0.717, 1.165) is 25.7 Å². The lowest BCUT2D eigenvalue weighted by atomic mass is 9.87. The summed E-state index contributed by atoms with van der Waals surface area (Å²) in [5.41, 5.74) is -0.861. The first-order valence-corrected chi connectivity index (χ1v) is 11.1. The van der Waals surface area contributed by atoms with E-state index in [1.165, 1.54) is 0 Å². The van der Waals surface area contributed by atoms with Gasteiger partial charge in [0, 0.05) is 0 Å². The molecule has 3 rings (SSSR count). The molecule has 0 radical (unpaired) electrons. The van der Waals surface area contributed by atoms with Crippen molar-refractivity contribution < 1.29 is 14.0 Å². The van der Waals surface area contributed by atoms with E-state index in [1.807, 2.05) is 6.08 Å². The Labute approximate surface area is 129 Å². The van der Waals surface area contributed by atoms with E-state index in [1.54, 1.807) is 6.08 Å². The second-order valence-electron chi connectivity index (χ2n) is 8.60. The topological polar surface area (TPSA) is 35.5 Å². The van der Waals surface area contributed by atoms with Crippen molar-refractivity contribution in [3.63, 3.8) is 0 Å². The van der Waals surface area contributed by atoms with Gasteiger partial charge in [0.25, 0.3) is 0 Å². The quantitative estimate of drug-likeness (QED) is 0.743. The number of fused-ring (bicyclic) bond motifs is 1. The van der Waals surface area contributed by atoms with Crippen LogP contribution in [0.1, 0.15) is 46.5 Å². The summed E-state index contributed by atoms with van der Waals surface area (Å²) in [5, 5.41) is 0.198. The molecule has 3 aliphatic rings. The van der Waals surface area contributed by atoms with Gasteiger partial charge < -0.3 is 9.16 Å². The summed E-state index contributed by atoms with van der Waals surface area (Å²) in [4.78, 5) is 12.3. The molecule has 3 atom stereocenters. The van der Waals surface area contributed by atoms with Crippen LogP contribution < -0.4 is 0 Å². The normalized spacial score (nSPS) is 38.9. The summed E-state index contributed by atoms with van der Waals surface area (Å²) in [6, 6.07) is 0. The molecule has 4 heteroatoms. The molecular weight excluding hydrogens is 280 g/mol. The Morgan fingerprint density at radius 1 is 1.43 bits per heavy atom. The van der Waals surface area contributed by atoms with Crippen LogP contribution in [0.2, 0.25) is 18.1 Å². The molecular formula is C17H28O3Si. The maximum atomic E-state index is 12.3. The Kier molecular flexibility index (Phi) is 3.33. The van der Waals surface area contributed by atoms with Gasteiger partial charge in [0.2, 0.25) is 0 Å². The second kappa shape index (κ2) is 4.53. The van der Waals surface area contributed by atoms with Gasteiger partial charge >= 0.3 is 0 Å². The summed E-state index contributed by atoms with van der Waals surface area (Å²) in [6.07, 6.45) is 7.82. The lowest BCUT2D eigenvalue weighted by molar-refractivity contribution is -0.152. The first-order valence-electron chi connectivity index (χ1n) is 8.18. The van der Waals surface area contributed by atoms with Crippen molar-refractivity contribution in [3.8, 4) is 0 Å². The lowest BCUT2D eigenvalue weighted by Crippen LogP contribution is -2.49. The largest absolute Gasteiger partial charge is 0.414 e. The molecule has 21 heavy (non-hydrogen) atoms. The van der Waals surface area contributed by atoms with E-state index in [-0.39, 0.29) is 16.4 Å². The van der Waals surface area contributed by atoms with Gasteiger partial charge in [-0.2, -0.15) is 0 Å². The Bertz CT molecular complexity index is 491. The van der Waals surface area contributed by atoms with E-state index in [4.69, 9.17) is 9.16 Å². The van der Waals surface area contributed by atoms with Crippen molar-refractivity contribution in [2.45, 2.75) is 75.8 Å². The van der Waals surface area contributed by atoms with Gasteiger partial charge in [-0.3, -0.25) is 4.79 Å². The van der Waals surface area contributed by atoms with Crippen molar-refractivity contribution in [2.75, 3.05) is 6.61 Å². The highest BCUT2D eigenvalue weighted by Gasteiger charge is 2.62. The van der Waals surface area contributed by atoms with Crippen LogP contribution in [0.4, 0.5) is 0 Å². The van der Waals surface area contributed by atoms with Crippen molar-refractivity contribution >= 4 is 14.1 Å². The highest BCUT2D eigenvalue weighted by atomic mass is 28.4. The number of rotatable bonds is 3. The molecule has 1 saturated heterocycles. The summed E-state index contributed by atoms with van der Waals surface area (Å²) in [7, 11) is -1.79. The summed E-state index contributed by atoms with van der Waals surface area (Å²) < 4.78 is 12.8. The van der Waals surface area contributed by atoms with Crippen LogP contribution in [0.3, 0.4) is 0 Å². The van der Waals surface area contributed by atoms with Crippen LogP contribution >= 0.6 is 0 Å². The monoisotopic (exact) mass is 308 g/mol. The fourth-order valence-corrected chi connectivity index (χ4v) is 4.81. The van der Waals surface area contributed by atoms with E-state index < -0.39 is 13.9 Å². The zero-order valence-electron chi connectivity index (χ0n) is 14.0. The predicted octanol–water partition coefficient (Wildman–Crippen LogP) is 3.85. The maximum absolute atomic E-state index is 12.3. The highest BCUT2D eigenvalue weighted by molar-refractivity contribution is 6.74. The molecule has 118 valence electrons. The molecule has 0 N–H and O–H groups in total. The third kappa shape index (κ3) is 2.27. The number of carbonyl (C=O) groups excluding carboxylic acids is 1. The minimum Gasteiger partial charge on any atom is -0.414 e. The molecule has 0 amide bonds. The minimum atomic E-state index is -1.79. The van der Waals surface area contributed by atoms with Crippen molar-refractivity contribution in [1.82, 2.24) is 0 Å². The van der Waals surface area contributed by atoms with E-state index in [9.17, 15) is 4.79 Å². The van der Waals surface area contributed by atoms with Crippen LogP contribution in [-0.4, -0.2) is 31.9 Å². The molecule has 0 aromatic heterocycles. The molecule has 3 nitrogen and oxygen atoms in total. The van der Waals surface area contributed by atoms with Crippen molar-refractivity contribution in [3.05, 3.63) is 12.2 Å². The molecule has 2 bridgehead atoms. The van der Waals surface area contributed by atoms with Crippen LogP contribution in [0, 0.1) is 5.92 Å². The average molecular weight is 308 g/mol. The maximum Gasteiger partial charge on any atom is 0.192 e. The Hall–Kier alpha value is -0.453. The van der Waals surface area contributed by atoms with Gasteiger partial charge in [-0.25, -0.2) is 0 Å². The van der Waals surface area contributed by atoms with Crippen LogP contribution in [0.5, 0.6) is 0 Å². The molecule has 1 aliphatic carbocycles. The lowest BCUT2D eigenvalue weighted by Gasteiger charge is -2.40. The average Bonchev–Trinajstić information content (AvgIpc) is 2.84. The zero-order valence-corrected chi connectivity index (χ0v) is 15.0. The molecule has 1 saturated carbocycles. The zero-order chi connectivity index (χ0) is 15.5. The SMILES string of the molecule is CC(C)(C)[Si](C)(C)OCC12C=CC(=O)C3(CCCC3C1)O2. The number of carbonyl (C=O) groups is 1. The summed E-state index contributed by atoms with van der Waals surface area (Å²) >= 11 is 0. The molecule has 3 unspecified atom stereocenters. The van der Waals surface area contributed by atoms with Gasteiger partial charge in [0.05, 0.1) is 6.61 Å². The summed E-state index contributed by atoms with van der Waals surface area (Å²) in [6.45, 7) is 11.9. The molecule has 1 spiro atoms. The fourth-order valence-electron chi connectivity index (χ4n) is 3.77. The molecule has 2 fully saturated rings. The van der Waals surface area contributed by atoms with Crippen molar-refractivity contribution in [2.24, 2.45) is 5.92 Å². The summed E-state index contributed by atoms with van der Waals surface area (Å²) in [5.74, 6) is 0.577. The minimum absolute atomic E-state index is 0.186. The number of hydrogen-bond donors (Lipinski definition) is 0. The third-order valence-electron chi connectivity index (χ3n) is 6.18.